The van der Waals surface area contributed by atoms with Gasteiger partial charge in [-0.25, -0.2) is 0 Å². The Morgan fingerprint density at radius 3 is 2.69 bits per heavy atom. The van der Waals surface area contributed by atoms with Gasteiger partial charge in [0.25, 0.3) is 0 Å². The van der Waals surface area contributed by atoms with Gasteiger partial charge >= 0.3 is 5.97 Å². The molecule has 26 heavy (non-hydrogen) atoms. The first kappa shape index (κ1) is 18.0. The fourth-order valence-electron chi connectivity index (χ4n) is 3.92. The number of hydrogen-bond acceptors (Lipinski definition) is 3. The first-order valence-corrected chi connectivity index (χ1v) is 9.07. The lowest BCUT2D eigenvalue weighted by molar-refractivity contribution is -0.138. The highest BCUT2D eigenvalue weighted by atomic mass is 16.5. The minimum atomic E-state index is -0.711. The molecule has 0 radical (unpaired) electrons. The average molecular weight is 349 g/mol. The van der Waals surface area contributed by atoms with Crippen molar-refractivity contribution < 1.29 is 14.6 Å². The van der Waals surface area contributed by atoms with Crippen LogP contribution in [0.3, 0.4) is 0 Å². The van der Waals surface area contributed by atoms with Crippen LogP contribution in [0.4, 0.5) is 0 Å². The van der Waals surface area contributed by atoms with Gasteiger partial charge in [0.1, 0.15) is 12.4 Å². The van der Waals surface area contributed by atoms with E-state index >= 15 is 0 Å². The van der Waals surface area contributed by atoms with E-state index in [-0.39, 0.29) is 12.3 Å². The van der Waals surface area contributed by atoms with Gasteiger partial charge in [0.2, 0.25) is 0 Å². The van der Waals surface area contributed by atoms with Crippen molar-refractivity contribution in [2.24, 2.45) is 5.92 Å². The third-order valence-corrected chi connectivity index (χ3v) is 5.23. The van der Waals surface area contributed by atoms with Gasteiger partial charge in [0, 0.05) is 6.42 Å². The quantitative estimate of drug-likeness (QED) is 0.823. The number of nitrogens with zero attached hydrogens (tertiary/aromatic N) is 1. The lowest BCUT2D eigenvalue weighted by atomic mass is 9.72. The van der Waals surface area contributed by atoms with E-state index in [0.717, 1.165) is 30.6 Å². The first-order valence-electron chi connectivity index (χ1n) is 9.07. The summed E-state index contributed by atoms with van der Waals surface area (Å²) in [7, 11) is 0. The second-order valence-electron chi connectivity index (χ2n) is 6.87. The third-order valence-electron chi connectivity index (χ3n) is 5.23. The number of hydrogen-bond donors (Lipinski definition) is 1. The van der Waals surface area contributed by atoms with Crippen LogP contribution in [-0.2, 0) is 17.8 Å². The van der Waals surface area contributed by atoms with Gasteiger partial charge in [-0.3, -0.25) is 4.79 Å². The molecule has 0 saturated carbocycles. The van der Waals surface area contributed by atoms with E-state index < -0.39 is 5.97 Å². The Bertz CT molecular complexity index is 820. The van der Waals surface area contributed by atoms with Gasteiger partial charge in [-0.15, -0.1) is 0 Å². The van der Waals surface area contributed by atoms with Crippen molar-refractivity contribution in [1.29, 1.82) is 5.26 Å². The monoisotopic (exact) mass is 349 g/mol. The van der Waals surface area contributed by atoms with E-state index in [1.54, 1.807) is 24.3 Å². The summed E-state index contributed by atoms with van der Waals surface area (Å²) in [6, 6.07) is 15.6. The van der Waals surface area contributed by atoms with Crippen LogP contribution in [0.25, 0.3) is 0 Å². The topological polar surface area (TPSA) is 70.3 Å². The number of nitriles is 1. The molecule has 4 nitrogen and oxygen atoms in total. The molecule has 2 aromatic carbocycles. The number of aliphatic carboxylic acids is 1. The van der Waals surface area contributed by atoms with Crippen LogP contribution in [-0.4, -0.2) is 11.1 Å². The van der Waals surface area contributed by atoms with Crippen molar-refractivity contribution in [3.63, 3.8) is 0 Å². The summed E-state index contributed by atoms with van der Waals surface area (Å²) in [4.78, 5) is 11.2. The zero-order chi connectivity index (χ0) is 18.5. The van der Waals surface area contributed by atoms with Crippen molar-refractivity contribution in [3.8, 4) is 11.8 Å². The van der Waals surface area contributed by atoms with E-state index in [0.29, 0.717) is 18.1 Å². The maximum Gasteiger partial charge on any atom is 0.303 e. The van der Waals surface area contributed by atoms with Gasteiger partial charge in [-0.05, 0) is 72.1 Å². The second kappa shape index (κ2) is 8.05. The molecule has 3 rings (SSSR count). The first-order chi connectivity index (χ1) is 12.6. The van der Waals surface area contributed by atoms with E-state index in [9.17, 15) is 9.90 Å². The molecule has 4 heteroatoms. The highest BCUT2D eigenvalue weighted by molar-refractivity contribution is 5.67. The van der Waals surface area contributed by atoms with Crippen molar-refractivity contribution in [2.45, 2.75) is 45.1 Å². The van der Waals surface area contributed by atoms with Crippen LogP contribution in [0.5, 0.6) is 5.75 Å². The molecule has 0 amide bonds. The van der Waals surface area contributed by atoms with Gasteiger partial charge in [0.15, 0.2) is 0 Å². The summed E-state index contributed by atoms with van der Waals surface area (Å²) in [6.45, 7) is 2.59. The van der Waals surface area contributed by atoms with Gasteiger partial charge in [0.05, 0.1) is 11.6 Å². The zero-order valence-corrected chi connectivity index (χ0v) is 14.9. The van der Waals surface area contributed by atoms with Crippen LogP contribution >= 0.6 is 0 Å². The molecule has 2 unspecified atom stereocenters. The Balaban J connectivity index is 1.74. The number of rotatable bonds is 6. The largest absolute Gasteiger partial charge is 0.489 e. The number of carboxylic acids is 1. The molecule has 0 aliphatic heterocycles. The summed E-state index contributed by atoms with van der Waals surface area (Å²) in [5, 5.41) is 18.0. The van der Waals surface area contributed by atoms with E-state index in [4.69, 9.17) is 10.00 Å². The predicted molar refractivity (Wildman–Crippen MR) is 99.0 cm³/mol. The lowest BCUT2D eigenvalue weighted by Crippen LogP contribution is -2.23. The molecule has 0 spiro atoms. The number of carboxylic acid groups (broad SMARTS) is 1. The van der Waals surface area contributed by atoms with Crippen molar-refractivity contribution in [2.75, 3.05) is 0 Å². The summed E-state index contributed by atoms with van der Waals surface area (Å²) < 4.78 is 5.84. The molecule has 0 saturated heterocycles. The summed E-state index contributed by atoms with van der Waals surface area (Å²) in [6.07, 6.45) is 3.08. The fourth-order valence-corrected chi connectivity index (χ4v) is 3.92. The third kappa shape index (κ3) is 4.05. The standard InChI is InChI=1S/C22H23NO3/c1-2-20-18(12-22(24)25)8-7-17-6-3-16(11-21(17)20)14-26-19-9-4-15(13-23)5-10-19/h3-6,9-11,18,20H,2,7-8,12,14H2,1H3,(H,24,25). The zero-order valence-electron chi connectivity index (χ0n) is 14.9. The highest BCUT2D eigenvalue weighted by Crippen LogP contribution is 2.40. The maximum absolute atomic E-state index is 11.2. The van der Waals surface area contributed by atoms with Crippen LogP contribution < -0.4 is 4.74 Å². The molecule has 1 aliphatic rings. The molecular weight excluding hydrogens is 326 g/mol. The molecule has 2 aromatic rings. The molecular formula is C22H23NO3. The number of ether oxygens (including phenoxy) is 1. The lowest BCUT2D eigenvalue weighted by Gasteiger charge is -2.32. The molecule has 1 N–H and O–H groups in total. The van der Waals surface area contributed by atoms with E-state index in [1.165, 1.54) is 11.1 Å². The SMILES string of the molecule is CCC1c2cc(COc3ccc(C#N)cc3)ccc2CCC1CC(=O)O. The van der Waals surface area contributed by atoms with E-state index in [2.05, 4.69) is 31.2 Å². The smallest absolute Gasteiger partial charge is 0.303 e. The Morgan fingerprint density at radius 1 is 1.27 bits per heavy atom. The van der Waals surface area contributed by atoms with Crippen molar-refractivity contribution >= 4 is 5.97 Å². The van der Waals surface area contributed by atoms with Gasteiger partial charge < -0.3 is 9.84 Å². The molecule has 0 aromatic heterocycles. The number of aryl methyl sites for hydroxylation is 1. The van der Waals surface area contributed by atoms with Crippen LogP contribution in [0.1, 0.15) is 54.4 Å². The van der Waals surface area contributed by atoms with Crippen LogP contribution in [0.15, 0.2) is 42.5 Å². The minimum Gasteiger partial charge on any atom is -0.489 e. The van der Waals surface area contributed by atoms with Crippen LogP contribution in [0.2, 0.25) is 0 Å². The number of fused-ring (bicyclic) bond motifs is 1. The van der Waals surface area contributed by atoms with Crippen molar-refractivity contribution in [1.82, 2.24) is 0 Å². The van der Waals surface area contributed by atoms with Crippen LogP contribution in [0, 0.1) is 17.2 Å². The highest BCUT2D eigenvalue weighted by Gasteiger charge is 2.30. The Hall–Kier alpha value is -2.80. The minimum absolute atomic E-state index is 0.208. The van der Waals surface area contributed by atoms with Crippen molar-refractivity contribution in [3.05, 3.63) is 64.7 Å². The maximum atomic E-state index is 11.2. The molecule has 0 bridgehead atoms. The summed E-state index contributed by atoms with van der Waals surface area (Å²) >= 11 is 0. The summed E-state index contributed by atoms with van der Waals surface area (Å²) in [5.41, 5.74) is 4.32. The fraction of sp³-hybridized carbons (Fsp3) is 0.364. The molecule has 0 heterocycles. The normalized spacial score (nSPS) is 18.6. The Kier molecular flexibility index (Phi) is 5.58. The summed E-state index contributed by atoms with van der Waals surface area (Å²) in [5.74, 6) is 0.527. The number of carbonyl (C=O) groups is 1. The predicted octanol–water partition coefficient (Wildman–Crippen LogP) is 4.67. The molecule has 1 aliphatic carbocycles. The second-order valence-corrected chi connectivity index (χ2v) is 6.87. The average Bonchev–Trinajstić information content (AvgIpc) is 2.66. The van der Waals surface area contributed by atoms with E-state index in [1.807, 2.05) is 0 Å². The van der Waals surface area contributed by atoms with Gasteiger partial charge in [-0.1, -0.05) is 25.1 Å². The molecule has 0 fully saturated rings. The molecule has 2 atom stereocenters. The Morgan fingerprint density at radius 2 is 2.04 bits per heavy atom. The molecule has 134 valence electrons. The Labute approximate surface area is 154 Å². The van der Waals surface area contributed by atoms with Gasteiger partial charge in [-0.2, -0.15) is 5.26 Å². The number of benzene rings is 2.